The molecule has 0 saturated carbocycles. The molecule has 0 bridgehead atoms. The maximum Gasteiger partial charge on any atom is 0.0503 e. The number of hydrogen-bond acceptors (Lipinski definition) is 0. The lowest BCUT2D eigenvalue weighted by Crippen LogP contribution is -1.88. The molecular formula is C16H14ClN. The fourth-order valence-corrected chi connectivity index (χ4v) is 3.41. The van der Waals surface area contributed by atoms with Gasteiger partial charge in [-0.2, -0.15) is 0 Å². The smallest absolute Gasteiger partial charge is 0.0503 e. The predicted molar refractivity (Wildman–Crippen MR) is 77.5 cm³/mol. The summed E-state index contributed by atoms with van der Waals surface area (Å²) in [7, 11) is 2.13. The maximum atomic E-state index is 6.11. The van der Waals surface area contributed by atoms with Gasteiger partial charge < -0.3 is 4.57 Å². The van der Waals surface area contributed by atoms with Crippen molar-refractivity contribution >= 4 is 33.4 Å². The molecule has 0 aliphatic heterocycles. The van der Waals surface area contributed by atoms with Crippen molar-refractivity contribution in [1.29, 1.82) is 0 Å². The molecule has 0 fully saturated rings. The van der Waals surface area contributed by atoms with E-state index in [0.29, 0.717) is 0 Å². The molecule has 0 saturated heterocycles. The van der Waals surface area contributed by atoms with Gasteiger partial charge in [0.05, 0.1) is 5.52 Å². The van der Waals surface area contributed by atoms with Gasteiger partial charge in [-0.05, 0) is 54.7 Å². The van der Waals surface area contributed by atoms with E-state index in [1.54, 1.807) is 0 Å². The molecule has 0 amide bonds. The Bertz CT molecular complexity index is 783. The second-order valence-electron chi connectivity index (χ2n) is 5.21. The van der Waals surface area contributed by atoms with Crippen molar-refractivity contribution in [2.75, 3.05) is 0 Å². The largest absolute Gasteiger partial charge is 0.344 e. The summed E-state index contributed by atoms with van der Waals surface area (Å²) in [6, 6.07) is 10.9. The quantitative estimate of drug-likeness (QED) is 0.558. The number of benzene rings is 2. The van der Waals surface area contributed by atoms with Crippen LogP contribution >= 0.6 is 11.6 Å². The maximum absolute atomic E-state index is 6.11. The average Bonchev–Trinajstić information content (AvgIpc) is 2.92. The number of hydrogen-bond donors (Lipinski definition) is 0. The van der Waals surface area contributed by atoms with Crippen LogP contribution in [0, 0.1) is 0 Å². The van der Waals surface area contributed by atoms with Gasteiger partial charge in [0.15, 0.2) is 0 Å². The standard InChI is InChI=1S/C16H14ClN/c1-18-15-8-11-4-2-3-10(11)7-14(15)13-6-5-12(17)9-16(13)18/h5-9H,2-4H2,1H3. The van der Waals surface area contributed by atoms with E-state index < -0.39 is 0 Å². The van der Waals surface area contributed by atoms with Crippen LogP contribution in [0.25, 0.3) is 21.8 Å². The number of fused-ring (bicyclic) bond motifs is 4. The number of nitrogens with zero attached hydrogens (tertiary/aromatic N) is 1. The first kappa shape index (κ1) is 10.5. The van der Waals surface area contributed by atoms with Crippen molar-refractivity contribution in [1.82, 2.24) is 4.57 Å². The topological polar surface area (TPSA) is 4.93 Å². The fourth-order valence-electron chi connectivity index (χ4n) is 3.24. The summed E-state index contributed by atoms with van der Waals surface area (Å²) in [4.78, 5) is 0. The van der Waals surface area contributed by atoms with Crippen molar-refractivity contribution in [3.8, 4) is 0 Å². The zero-order valence-electron chi connectivity index (χ0n) is 10.3. The second-order valence-corrected chi connectivity index (χ2v) is 5.65. The highest BCUT2D eigenvalue weighted by Gasteiger charge is 2.15. The Morgan fingerprint density at radius 3 is 2.50 bits per heavy atom. The average molecular weight is 256 g/mol. The monoisotopic (exact) mass is 255 g/mol. The molecule has 0 radical (unpaired) electrons. The highest BCUT2D eigenvalue weighted by Crippen LogP contribution is 2.34. The van der Waals surface area contributed by atoms with E-state index in [4.69, 9.17) is 11.6 Å². The molecule has 1 aromatic heterocycles. The Morgan fingerprint density at radius 1 is 0.944 bits per heavy atom. The van der Waals surface area contributed by atoms with E-state index >= 15 is 0 Å². The molecular weight excluding hydrogens is 242 g/mol. The predicted octanol–water partition coefficient (Wildman–Crippen LogP) is 4.47. The molecule has 0 spiro atoms. The first-order valence-corrected chi connectivity index (χ1v) is 6.81. The summed E-state index contributed by atoms with van der Waals surface area (Å²) in [6.07, 6.45) is 3.76. The van der Waals surface area contributed by atoms with Gasteiger partial charge in [-0.3, -0.25) is 0 Å². The third-order valence-corrected chi connectivity index (χ3v) is 4.42. The molecule has 0 atom stereocenters. The SMILES string of the molecule is Cn1c2cc(Cl)ccc2c2cc3c(cc21)CCC3. The van der Waals surface area contributed by atoms with Crippen LogP contribution in [-0.4, -0.2) is 4.57 Å². The van der Waals surface area contributed by atoms with Crippen molar-refractivity contribution in [2.45, 2.75) is 19.3 Å². The third kappa shape index (κ3) is 1.28. The Hall–Kier alpha value is -1.47. The molecule has 4 rings (SSSR count). The minimum absolute atomic E-state index is 0.806. The van der Waals surface area contributed by atoms with Gasteiger partial charge in [0, 0.05) is 28.4 Å². The molecule has 90 valence electrons. The normalized spacial score (nSPS) is 14.6. The van der Waals surface area contributed by atoms with Crippen LogP contribution in [0.2, 0.25) is 5.02 Å². The van der Waals surface area contributed by atoms with E-state index in [2.05, 4.69) is 35.9 Å². The van der Waals surface area contributed by atoms with Crippen LogP contribution in [0.4, 0.5) is 0 Å². The third-order valence-electron chi connectivity index (χ3n) is 4.18. The number of rotatable bonds is 0. The molecule has 2 heteroatoms. The van der Waals surface area contributed by atoms with Crippen LogP contribution in [0.1, 0.15) is 17.5 Å². The van der Waals surface area contributed by atoms with Gasteiger partial charge in [-0.25, -0.2) is 0 Å². The lowest BCUT2D eigenvalue weighted by Gasteiger charge is -2.01. The Balaban J connectivity index is 2.20. The van der Waals surface area contributed by atoms with Crippen molar-refractivity contribution in [2.24, 2.45) is 7.05 Å². The van der Waals surface area contributed by atoms with Crippen LogP contribution in [0.5, 0.6) is 0 Å². The molecule has 3 aromatic rings. The first-order valence-electron chi connectivity index (χ1n) is 6.43. The first-order chi connectivity index (χ1) is 8.74. The molecule has 1 heterocycles. The molecule has 1 aliphatic rings. The second kappa shape index (κ2) is 3.52. The minimum atomic E-state index is 0.806. The van der Waals surface area contributed by atoms with Crippen LogP contribution in [0.3, 0.4) is 0 Å². The van der Waals surface area contributed by atoms with E-state index in [9.17, 15) is 0 Å². The summed E-state index contributed by atoms with van der Waals surface area (Å²) in [5.41, 5.74) is 5.61. The number of aryl methyl sites for hydroxylation is 3. The number of halogens is 1. The Kier molecular flexibility index (Phi) is 2.04. The van der Waals surface area contributed by atoms with Gasteiger partial charge in [0.25, 0.3) is 0 Å². The summed E-state index contributed by atoms with van der Waals surface area (Å²) in [5, 5.41) is 3.48. The van der Waals surface area contributed by atoms with E-state index in [1.807, 2.05) is 6.07 Å². The summed E-state index contributed by atoms with van der Waals surface area (Å²) < 4.78 is 2.26. The van der Waals surface area contributed by atoms with Crippen LogP contribution in [0.15, 0.2) is 30.3 Å². The van der Waals surface area contributed by atoms with Gasteiger partial charge in [-0.15, -0.1) is 0 Å². The van der Waals surface area contributed by atoms with Crippen LogP contribution in [-0.2, 0) is 19.9 Å². The van der Waals surface area contributed by atoms with Gasteiger partial charge in [-0.1, -0.05) is 17.7 Å². The Labute approximate surface area is 111 Å². The fraction of sp³-hybridized carbons (Fsp3) is 0.250. The van der Waals surface area contributed by atoms with E-state index in [-0.39, 0.29) is 0 Å². The van der Waals surface area contributed by atoms with Crippen molar-refractivity contribution in [3.05, 3.63) is 46.5 Å². The van der Waals surface area contributed by atoms with Crippen molar-refractivity contribution < 1.29 is 0 Å². The van der Waals surface area contributed by atoms with E-state index in [0.717, 1.165) is 5.02 Å². The zero-order chi connectivity index (χ0) is 12.3. The van der Waals surface area contributed by atoms with Gasteiger partial charge in [0.2, 0.25) is 0 Å². The molecule has 18 heavy (non-hydrogen) atoms. The highest BCUT2D eigenvalue weighted by atomic mass is 35.5. The molecule has 1 aliphatic carbocycles. The molecule has 0 unspecified atom stereocenters. The molecule has 0 N–H and O–H groups in total. The zero-order valence-corrected chi connectivity index (χ0v) is 11.1. The molecule has 2 aromatic carbocycles. The highest BCUT2D eigenvalue weighted by molar-refractivity contribution is 6.31. The summed E-state index contributed by atoms with van der Waals surface area (Å²) in [5.74, 6) is 0. The lowest BCUT2D eigenvalue weighted by atomic mass is 10.1. The summed E-state index contributed by atoms with van der Waals surface area (Å²) >= 11 is 6.11. The number of aromatic nitrogens is 1. The summed E-state index contributed by atoms with van der Waals surface area (Å²) in [6.45, 7) is 0. The Morgan fingerprint density at radius 2 is 1.67 bits per heavy atom. The van der Waals surface area contributed by atoms with Crippen LogP contribution < -0.4 is 0 Å². The lowest BCUT2D eigenvalue weighted by molar-refractivity contribution is 0.911. The van der Waals surface area contributed by atoms with Gasteiger partial charge >= 0.3 is 0 Å². The van der Waals surface area contributed by atoms with Crippen molar-refractivity contribution in [3.63, 3.8) is 0 Å². The minimum Gasteiger partial charge on any atom is -0.344 e. The van der Waals surface area contributed by atoms with Gasteiger partial charge in [0.1, 0.15) is 0 Å². The van der Waals surface area contributed by atoms with E-state index in [1.165, 1.54) is 52.2 Å². The molecule has 1 nitrogen and oxygen atoms in total.